The van der Waals surface area contributed by atoms with Gasteiger partial charge >= 0.3 is 0 Å². The molecule has 1 aliphatic rings. The van der Waals surface area contributed by atoms with E-state index in [9.17, 15) is 0 Å². The van der Waals surface area contributed by atoms with Gasteiger partial charge in [0.25, 0.3) is 0 Å². The normalized spacial score (nSPS) is 16.5. The van der Waals surface area contributed by atoms with Crippen molar-refractivity contribution in [1.29, 1.82) is 0 Å². The molecule has 0 N–H and O–H groups in total. The highest BCUT2D eigenvalue weighted by Crippen LogP contribution is 2.34. The van der Waals surface area contributed by atoms with Gasteiger partial charge in [0.2, 0.25) is 0 Å². The summed E-state index contributed by atoms with van der Waals surface area (Å²) >= 11 is 7.97. The lowest BCUT2D eigenvalue weighted by molar-refractivity contribution is 0.306. The minimum atomic E-state index is 0.254. The average Bonchev–Trinajstić information content (AvgIpc) is 3.30. The fourth-order valence-corrected chi connectivity index (χ4v) is 4.38. The number of aryl methyl sites for hydroxylation is 1. The highest BCUT2D eigenvalue weighted by atomic mass is 35.5. The summed E-state index contributed by atoms with van der Waals surface area (Å²) in [5, 5.41) is 2.88. The Hall–Kier alpha value is -2.10. The number of rotatable bonds is 5. The second-order valence-corrected chi connectivity index (χ2v) is 7.84. The van der Waals surface area contributed by atoms with E-state index < -0.39 is 0 Å². The van der Waals surface area contributed by atoms with Gasteiger partial charge < -0.3 is 4.74 Å². The Balaban J connectivity index is 1.43. The minimum absolute atomic E-state index is 0.254. The number of aliphatic imine (C=N–C) groups is 1. The molecule has 2 nitrogen and oxygen atoms in total. The second-order valence-electron chi connectivity index (χ2n) is 6.51. The SMILES string of the molecule is Cc1ccsc1C1=NC(c2ccc(OCc3ccccc3Cl)cc2)CC1. The lowest BCUT2D eigenvalue weighted by Gasteiger charge is -2.10. The summed E-state index contributed by atoms with van der Waals surface area (Å²) in [6.07, 6.45) is 2.13. The fourth-order valence-electron chi connectivity index (χ4n) is 3.24. The molecule has 1 atom stereocenters. The van der Waals surface area contributed by atoms with E-state index in [1.807, 2.05) is 36.4 Å². The summed E-state index contributed by atoms with van der Waals surface area (Å²) < 4.78 is 5.87. The molecule has 1 unspecified atom stereocenters. The topological polar surface area (TPSA) is 21.6 Å². The largest absolute Gasteiger partial charge is 0.489 e. The van der Waals surface area contributed by atoms with Crippen molar-refractivity contribution in [2.75, 3.05) is 0 Å². The van der Waals surface area contributed by atoms with Crippen LogP contribution in [0.15, 0.2) is 65.0 Å². The Morgan fingerprint density at radius 1 is 1.12 bits per heavy atom. The van der Waals surface area contributed by atoms with E-state index >= 15 is 0 Å². The molecular weight excluding hydrogens is 362 g/mol. The van der Waals surface area contributed by atoms with Crippen LogP contribution in [-0.4, -0.2) is 5.71 Å². The van der Waals surface area contributed by atoms with Crippen LogP contribution < -0.4 is 4.74 Å². The van der Waals surface area contributed by atoms with Crippen LogP contribution in [0.1, 0.15) is 40.5 Å². The summed E-state index contributed by atoms with van der Waals surface area (Å²) in [5.41, 5.74) is 4.83. The van der Waals surface area contributed by atoms with Crippen molar-refractivity contribution in [2.45, 2.75) is 32.4 Å². The van der Waals surface area contributed by atoms with Gasteiger partial charge in [0.15, 0.2) is 0 Å². The third-order valence-corrected chi connectivity index (χ3v) is 6.14. The van der Waals surface area contributed by atoms with Crippen molar-refractivity contribution < 1.29 is 4.74 Å². The monoisotopic (exact) mass is 381 g/mol. The zero-order valence-electron chi connectivity index (χ0n) is 14.6. The van der Waals surface area contributed by atoms with E-state index in [1.54, 1.807) is 11.3 Å². The van der Waals surface area contributed by atoms with Gasteiger partial charge in [0.05, 0.1) is 16.6 Å². The van der Waals surface area contributed by atoms with E-state index in [0.717, 1.165) is 29.2 Å². The molecule has 0 fully saturated rings. The first-order chi connectivity index (χ1) is 12.7. The molecule has 4 heteroatoms. The zero-order chi connectivity index (χ0) is 17.9. The van der Waals surface area contributed by atoms with E-state index in [-0.39, 0.29) is 6.04 Å². The smallest absolute Gasteiger partial charge is 0.119 e. The third kappa shape index (κ3) is 3.69. The van der Waals surface area contributed by atoms with E-state index in [2.05, 4.69) is 30.5 Å². The minimum Gasteiger partial charge on any atom is -0.489 e. The Kier molecular flexibility index (Phi) is 5.09. The first-order valence-corrected chi connectivity index (χ1v) is 10.0. The average molecular weight is 382 g/mol. The van der Waals surface area contributed by atoms with Crippen LogP contribution in [0.2, 0.25) is 5.02 Å². The number of ether oxygens (including phenoxy) is 1. The molecule has 2 aromatic carbocycles. The molecule has 2 heterocycles. The van der Waals surface area contributed by atoms with Gasteiger partial charge in [-0.1, -0.05) is 41.9 Å². The number of thiophene rings is 1. The summed E-state index contributed by atoms with van der Waals surface area (Å²) in [6, 6.07) is 18.5. The van der Waals surface area contributed by atoms with Crippen LogP contribution in [0, 0.1) is 6.92 Å². The molecule has 132 valence electrons. The van der Waals surface area contributed by atoms with Gasteiger partial charge in [-0.15, -0.1) is 11.3 Å². The second kappa shape index (κ2) is 7.65. The van der Waals surface area contributed by atoms with Gasteiger partial charge in [0.1, 0.15) is 12.4 Å². The quantitative estimate of drug-likeness (QED) is 0.487. The van der Waals surface area contributed by atoms with E-state index in [0.29, 0.717) is 6.61 Å². The van der Waals surface area contributed by atoms with Crippen molar-refractivity contribution in [3.63, 3.8) is 0 Å². The highest BCUT2D eigenvalue weighted by molar-refractivity contribution is 7.12. The van der Waals surface area contributed by atoms with Crippen LogP contribution in [-0.2, 0) is 6.61 Å². The summed E-state index contributed by atoms with van der Waals surface area (Å²) in [7, 11) is 0. The Labute approximate surface area is 163 Å². The lowest BCUT2D eigenvalue weighted by Crippen LogP contribution is -1.97. The Bertz CT molecular complexity index is 929. The molecule has 0 saturated carbocycles. The molecule has 0 aliphatic carbocycles. The van der Waals surface area contributed by atoms with Crippen LogP contribution >= 0.6 is 22.9 Å². The molecular formula is C22H20ClNOS. The van der Waals surface area contributed by atoms with Crippen LogP contribution in [0.4, 0.5) is 0 Å². The van der Waals surface area contributed by atoms with E-state index in [1.165, 1.54) is 21.7 Å². The number of benzene rings is 2. The predicted octanol–water partition coefficient (Wildman–Crippen LogP) is 6.61. The number of halogens is 1. The van der Waals surface area contributed by atoms with Crippen molar-refractivity contribution in [1.82, 2.24) is 0 Å². The molecule has 0 saturated heterocycles. The number of hydrogen-bond acceptors (Lipinski definition) is 3. The van der Waals surface area contributed by atoms with Crippen LogP contribution in [0.25, 0.3) is 0 Å². The van der Waals surface area contributed by atoms with E-state index in [4.69, 9.17) is 21.3 Å². The first-order valence-electron chi connectivity index (χ1n) is 8.78. The molecule has 1 aliphatic heterocycles. The van der Waals surface area contributed by atoms with Crippen molar-refractivity contribution in [3.8, 4) is 5.75 Å². The molecule has 26 heavy (non-hydrogen) atoms. The van der Waals surface area contributed by atoms with Crippen molar-refractivity contribution in [3.05, 3.63) is 86.6 Å². The lowest BCUT2D eigenvalue weighted by atomic mass is 10.0. The maximum absolute atomic E-state index is 6.17. The third-order valence-electron chi connectivity index (χ3n) is 4.71. The summed E-state index contributed by atoms with van der Waals surface area (Å²) in [5.74, 6) is 0.852. The molecule has 0 spiro atoms. The molecule has 4 rings (SSSR count). The van der Waals surface area contributed by atoms with Crippen LogP contribution in [0.3, 0.4) is 0 Å². The molecule has 1 aromatic heterocycles. The number of nitrogens with zero attached hydrogens (tertiary/aromatic N) is 1. The van der Waals surface area contributed by atoms with Gasteiger partial charge in [-0.2, -0.15) is 0 Å². The fraction of sp³-hybridized carbons (Fsp3) is 0.227. The zero-order valence-corrected chi connectivity index (χ0v) is 16.2. The predicted molar refractivity (Wildman–Crippen MR) is 110 cm³/mol. The van der Waals surface area contributed by atoms with Crippen LogP contribution in [0.5, 0.6) is 5.75 Å². The maximum atomic E-state index is 6.17. The summed E-state index contributed by atoms with van der Waals surface area (Å²) in [6.45, 7) is 2.63. The Morgan fingerprint density at radius 3 is 2.65 bits per heavy atom. The maximum Gasteiger partial charge on any atom is 0.119 e. The number of hydrogen-bond donors (Lipinski definition) is 0. The molecule has 3 aromatic rings. The van der Waals surface area contributed by atoms with Crippen molar-refractivity contribution in [2.24, 2.45) is 4.99 Å². The van der Waals surface area contributed by atoms with Crippen molar-refractivity contribution >= 4 is 28.6 Å². The van der Waals surface area contributed by atoms with Gasteiger partial charge in [-0.25, -0.2) is 0 Å². The first kappa shape index (κ1) is 17.3. The highest BCUT2D eigenvalue weighted by Gasteiger charge is 2.21. The van der Waals surface area contributed by atoms with Gasteiger partial charge in [-0.3, -0.25) is 4.99 Å². The summed E-state index contributed by atoms with van der Waals surface area (Å²) in [4.78, 5) is 6.31. The van der Waals surface area contributed by atoms with Gasteiger partial charge in [0, 0.05) is 10.6 Å². The molecule has 0 amide bonds. The standard InChI is InChI=1S/C22H20ClNOS/c1-15-12-13-26-22(15)21-11-10-20(24-21)16-6-8-18(9-7-16)25-14-17-4-2-3-5-19(17)23/h2-9,12-13,20H,10-11,14H2,1H3. The molecule has 0 radical (unpaired) electrons. The molecule has 0 bridgehead atoms. The Morgan fingerprint density at radius 2 is 1.92 bits per heavy atom. The van der Waals surface area contributed by atoms with Gasteiger partial charge in [-0.05, 0) is 60.5 Å².